The number of benzene rings is 2. The molecule has 0 radical (unpaired) electrons. The molecule has 2 aromatic carbocycles. The molecule has 8 nitrogen and oxygen atoms in total. The van der Waals surface area contributed by atoms with Crippen LogP contribution in [0.5, 0.6) is 0 Å². The number of carbonyl (C=O) groups excluding carboxylic acids is 1. The molecule has 4 rings (SSSR count). The summed E-state index contributed by atoms with van der Waals surface area (Å²) in [7, 11) is 0. The second-order valence-corrected chi connectivity index (χ2v) is 8.26. The number of hydrogen-bond acceptors (Lipinski definition) is 5. The van der Waals surface area contributed by atoms with Crippen molar-refractivity contribution in [2.24, 2.45) is 0 Å². The van der Waals surface area contributed by atoms with Gasteiger partial charge in [0, 0.05) is 13.0 Å². The van der Waals surface area contributed by atoms with Gasteiger partial charge >= 0.3 is 0 Å². The van der Waals surface area contributed by atoms with Gasteiger partial charge in [-0.3, -0.25) is 9.59 Å². The van der Waals surface area contributed by atoms with E-state index in [1.54, 1.807) is 16.8 Å². The lowest BCUT2D eigenvalue weighted by Crippen LogP contribution is -2.24. The summed E-state index contributed by atoms with van der Waals surface area (Å²) in [6.45, 7) is 6.30. The summed E-state index contributed by atoms with van der Waals surface area (Å²) in [4.78, 5) is 25.3. The minimum Gasteiger partial charge on any atom is -0.397 e. The van der Waals surface area contributed by atoms with Gasteiger partial charge in [0.05, 0.1) is 33.8 Å². The number of carbonyl (C=O) groups is 1. The number of rotatable bonds is 7. The number of fused-ring (bicyclic) bond motifs is 1. The summed E-state index contributed by atoms with van der Waals surface area (Å²) in [6.07, 6.45) is 1.61. The Hall–Kier alpha value is -3.94. The monoisotopic (exact) mass is 444 g/mol. The van der Waals surface area contributed by atoms with E-state index < -0.39 is 0 Å². The summed E-state index contributed by atoms with van der Waals surface area (Å²) in [6, 6.07) is 15.2. The van der Waals surface area contributed by atoms with Crippen LogP contribution < -0.4 is 16.6 Å². The number of para-hydroxylation sites is 2. The molecule has 8 heteroatoms. The molecule has 0 bridgehead atoms. The highest BCUT2D eigenvalue weighted by molar-refractivity contribution is 5.93. The van der Waals surface area contributed by atoms with Crippen molar-refractivity contribution in [1.29, 1.82) is 0 Å². The van der Waals surface area contributed by atoms with E-state index in [0.717, 1.165) is 28.0 Å². The van der Waals surface area contributed by atoms with Crippen molar-refractivity contribution in [3.8, 4) is 5.69 Å². The first-order valence-electron chi connectivity index (χ1n) is 11.0. The average molecular weight is 445 g/mol. The van der Waals surface area contributed by atoms with Crippen LogP contribution in [0.1, 0.15) is 36.2 Å². The summed E-state index contributed by atoms with van der Waals surface area (Å²) < 4.78 is 3.25. The number of unbranched alkanes of at least 4 members (excludes halogenated alkanes) is 1. The lowest BCUT2D eigenvalue weighted by molar-refractivity contribution is -0.116. The predicted octanol–water partition coefficient (Wildman–Crippen LogP) is 3.90. The third-order valence-electron chi connectivity index (χ3n) is 5.72. The summed E-state index contributed by atoms with van der Waals surface area (Å²) in [5.74, 6) is -0.104. The summed E-state index contributed by atoms with van der Waals surface area (Å²) >= 11 is 0. The van der Waals surface area contributed by atoms with Crippen LogP contribution in [0.3, 0.4) is 0 Å². The first kappa shape index (κ1) is 22.3. The van der Waals surface area contributed by atoms with Crippen molar-refractivity contribution in [3.05, 3.63) is 75.8 Å². The van der Waals surface area contributed by atoms with Crippen LogP contribution in [-0.4, -0.2) is 25.5 Å². The maximum absolute atomic E-state index is 13.1. The maximum atomic E-state index is 13.1. The standard InChI is InChI=1S/C25H28N6O2/c1-16-11-13-19(14-12-16)31-18(3)23-17(2)28-30(25(33)24(23)29-31)15-7-6-10-22(32)27-21-9-5-4-8-20(21)26/h4-5,8-9,11-14H,6-7,10,15,26H2,1-3H3,(H,27,32). The molecule has 2 aromatic heterocycles. The molecule has 3 N–H and O–H groups in total. The molecule has 0 saturated heterocycles. The second kappa shape index (κ2) is 9.28. The van der Waals surface area contributed by atoms with Gasteiger partial charge in [-0.05, 0) is 57.9 Å². The number of nitrogens with zero attached hydrogens (tertiary/aromatic N) is 4. The molecule has 4 aromatic rings. The maximum Gasteiger partial charge on any atom is 0.295 e. The van der Waals surface area contributed by atoms with E-state index in [9.17, 15) is 9.59 Å². The van der Waals surface area contributed by atoms with Crippen molar-refractivity contribution in [3.63, 3.8) is 0 Å². The lowest BCUT2D eigenvalue weighted by atomic mass is 10.2. The molecule has 0 saturated carbocycles. The Kier molecular flexibility index (Phi) is 6.26. The lowest BCUT2D eigenvalue weighted by Gasteiger charge is -2.08. The highest BCUT2D eigenvalue weighted by Gasteiger charge is 2.17. The number of anilines is 2. The number of amides is 1. The van der Waals surface area contributed by atoms with Crippen molar-refractivity contribution >= 4 is 28.2 Å². The van der Waals surface area contributed by atoms with E-state index in [1.165, 1.54) is 4.68 Å². The van der Waals surface area contributed by atoms with Gasteiger partial charge in [-0.2, -0.15) is 10.2 Å². The van der Waals surface area contributed by atoms with Gasteiger partial charge < -0.3 is 11.1 Å². The van der Waals surface area contributed by atoms with Crippen molar-refractivity contribution in [2.45, 2.75) is 46.6 Å². The van der Waals surface area contributed by atoms with Crippen LogP contribution in [-0.2, 0) is 11.3 Å². The van der Waals surface area contributed by atoms with Crippen LogP contribution in [0.15, 0.2) is 53.3 Å². The van der Waals surface area contributed by atoms with Gasteiger partial charge in [-0.1, -0.05) is 29.8 Å². The minimum atomic E-state index is -0.217. The van der Waals surface area contributed by atoms with Gasteiger partial charge in [0.25, 0.3) is 5.56 Å². The molecule has 0 atom stereocenters. The fraction of sp³-hybridized carbons (Fsp3) is 0.280. The summed E-state index contributed by atoms with van der Waals surface area (Å²) in [5, 5.41) is 12.7. The molecular weight excluding hydrogens is 416 g/mol. The van der Waals surface area contributed by atoms with Crippen LogP contribution in [0, 0.1) is 20.8 Å². The van der Waals surface area contributed by atoms with Crippen molar-refractivity contribution in [2.75, 3.05) is 11.1 Å². The highest BCUT2D eigenvalue weighted by atomic mass is 16.1. The SMILES string of the molecule is Cc1ccc(-n2nc3c(=O)n(CCCCC(=O)Nc4ccccc4N)nc(C)c3c2C)cc1. The first-order chi connectivity index (χ1) is 15.8. The third-order valence-corrected chi connectivity index (χ3v) is 5.72. The topological polar surface area (TPSA) is 108 Å². The molecule has 0 unspecified atom stereocenters. The molecule has 33 heavy (non-hydrogen) atoms. The van der Waals surface area contributed by atoms with Crippen molar-refractivity contribution in [1.82, 2.24) is 19.6 Å². The molecule has 170 valence electrons. The number of aromatic nitrogens is 4. The predicted molar refractivity (Wildman–Crippen MR) is 131 cm³/mol. The van der Waals surface area contributed by atoms with E-state index in [0.29, 0.717) is 42.7 Å². The van der Waals surface area contributed by atoms with Gasteiger partial charge in [-0.15, -0.1) is 0 Å². The Balaban J connectivity index is 1.46. The van der Waals surface area contributed by atoms with Crippen LogP contribution in [0.2, 0.25) is 0 Å². The van der Waals surface area contributed by atoms with E-state index >= 15 is 0 Å². The Labute approximate surface area is 192 Å². The van der Waals surface area contributed by atoms with E-state index in [2.05, 4.69) is 15.5 Å². The zero-order valence-electron chi connectivity index (χ0n) is 19.1. The van der Waals surface area contributed by atoms with E-state index in [-0.39, 0.29) is 11.5 Å². The Bertz CT molecular complexity index is 1370. The Morgan fingerprint density at radius 3 is 2.45 bits per heavy atom. The van der Waals surface area contributed by atoms with Gasteiger partial charge in [0.2, 0.25) is 5.91 Å². The minimum absolute atomic E-state index is 0.104. The third kappa shape index (κ3) is 4.64. The fourth-order valence-electron chi connectivity index (χ4n) is 3.94. The quantitative estimate of drug-likeness (QED) is 0.332. The zero-order valence-corrected chi connectivity index (χ0v) is 19.1. The smallest absolute Gasteiger partial charge is 0.295 e. The zero-order chi connectivity index (χ0) is 23.5. The molecule has 0 aliphatic carbocycles. The number of aryl methyl sites for hydroxylation is 4. The molecule has 0 spiro atoms. The Morgan fingerprint density at radius 1 is 1.00 bits per heavy atom. The van der Waals surface area contributed by atoms with Crippen LogP contribution in [0.25, 0.3) is 16.6 Å². The van der Waals surface area contributed by atoms with Crippen molar-refractivity contribution < 1.29 is 4.79 Å². The number of nitrogens with one attached hydrogen (secondary N) is 1. The molecule has 2 heterocycles. The van der Waals surface area contributed by atoms with E-state index in [4.69, 9.17) is 5.73 Å². The molecule has 0 aliphatic heterocycles. The number of nitrogens with two attached hydrogens (primary N) is 1. The highest BCUT2D eigenvalue weighted by Crippen LogP contribution is 2.21. The van der Waals surface area contributed by atoms with Gasteiger partial charge in [0.1, 0.15) is 0 Å². The van der Waals surface area contributed by atoms with E-state index in [1.807, 2.05) is 57.2 Å². The molecule has 1 amide bonds. The Morgan fingerprint density at radius 2 is 1.73 bits per heavy atom. The van der Waals surface area contributed by atoms with Gasteiger partial charge in [0.15, 0.2) is 5.52 Å². The molecular formula is C25H28N6O2. The number of nitrogen functional groups attached to an aromatic ring is 1. The number of hydrogen-bond donors (Lipinski definition) is 2. The summed E-state index contributed by atoms with van der Waals surface area (Å²) in [5.41, 5.74) is 10.9. The normalized spacial score (nSPS) is 11.1. The molecule has 0 fully saturated rings. The molecule has 0 aliphatic rings. The van der Waals surface area contributed by atoms with Crippen LogP contribution in [0.4, 0.5) is 11.4 Å². The second-order valence-electron chi connectivity index (χ2n) is 8.26. The average Bonchev–Trinajstić information content (AvgIpc) is 3.14. The largest absolute Gasteiger partial charge is 0.397 e. The van der Waals surface area contributed by atoms with Gasteiger partial charge in [-0.25, -0.2) is 9.36 Å². The fourth-order valence-corrected chi connectivity index (χ4v) is 3.94. The first-order valence-corrected chi connectivity index (χ1v) is 11.0. The van der Waals surface area contributed by atoms with Crippen LogP contribution >= 0.6 is 0 Å².